The fourth-order valence-electron chi connectivity index (χ4n) is 2.75. The third-order valence-electron chi connectivity index (χ3n) is 3.79. The molecule has 1 aromatic rings. The van der Waals surface area contributed by atoms with E-state index >= 15 is 0 Å². The molecule has 1 unspecified atom stereocenters. The number of Topliss-reactive ketones (excluding diaryl/α,β-unsaturated/α-hetero) is 1. The molecule has 1 atom stereocenters. The summed E-state index contributed by atoms with van der Waals surface area (Å²) in [4.78, 5) is 24.6. The number of halogens is 2. The van der Waals surface area contributed by atoms with Gasteiger partial charge in [0.1, 0.15) is 5.75 Å². The molecule has 0 fully saturated rings. The highest BCUT2D eigenvalue weighted by atomic mass is 79.9. The number of nitrogens with one attached hydrogen (secondary N) is 1. The van der Waals surface area contributed by atoms with Gasteiger partial charge < -0.3 is 15.8 Å². The maximum Gasteiger partial charge on any atom is 0.220 e. The Bertz CT molecular complexity index is 596. The number of amides is 1. The van der Waals surface area contributed by atoms with E-state index in [2.05, 4.69) is 35.1 Å². The Morgan fingerprint density at radius 1 is 1.32 bits per heavy atom. The lowest BCUT2D eigenvalue weighted by molar-refractivity contribution is -0.122. The van der Waals surface area contributed by atoms with Crippen LogP contribution < -0.4 is 15.8 Å². The van der Waals surface area contributed by atoms with E-state index in [1.807, 2.05) is 6.92 Å². The lowest BCUT2D eigenvalue weighted by Crippen LogP contribution is -2.52. The van der Waals surface area contributed by atoms with Gasteiger partial charge in [-0.05, 0) is 37.5 Å². The third kappa shape index (κ3) is 7.75. The van der Waals surface area contributed by atoms with Crippen LogP contribution in [0, 0.1) is 5.92 Å². The molecule has 1 amide bonds. The van der Waals surface area contributed by atoms with Gasteiger partial charge in [-0.25, -0.2) is 0 Å². The number of hydrogen-bond acceptors (Lipinski definition) is 4. The van der Waals surface area contributed by atoms with Crippen molar-refractivity contribution in [3.63, 3.8) is 0 Å². The Morgan fingerprint density at radius 2 is 1.96 bits per heavy atom. The van der Waals surface area contributed by atoms with Crippen LogP contribution >= 0.6 is 28.3 Å². The van der Waals surface area contributed by atoms with Gasteiger partial charge in [-0.3, -0.25) is 9.59 Å². The molecule has 5 nitrogen and oxygen atoms in total. The summed E-state index contributed by atoms with van der Waals surface area (Å²) in [6, 6.07) is 5.24. The molecule has 0 aliphatic heterocycles. The maximum absolute atomic E-state index is 12.4. The highest BCUT2D eigenvalue weighted by Gasteiger charge is 2.26. The van der Waals surface area contributed by atoms with Crippen LogP contribution in [-0.4, -0.2) is 30.9 Å². The first-order valence-electron chi connectivity index (χ1n) is 8.08. The monoisotopic (exact) mass is 434 g/mol. The molecule has 0 aliphatic carbocycles. The molecule has 1 aromatic carbocycles. The molecule has 0 heterocycles. The van der Waals surface area contributed by atoms with E-state index in [1.54, 1.807) is 18.2 Å². The van der Waals surface area contributed by atoms with Crippen LogP contribution in [0.4, 0.5) is 0 Å². The van der Waals surface area contributed by atoms with Crippen molar-refractivity contribution in [2.45, 2.75) is 45.6 Å². The van der Waals surface area contributed by atoms with Gasteiger partial charge in [0.05, 0.1) is 12.7 Å². The predicted octanol–water partition coefficient (Wildman–Crippen LogP) is 3.72. The number of rotatable bonds is 9. The zero-order chi connectivity index (χ0) is 18.3. The standard InChI is InChI=1S/C18H27BrN2O3.ClH/c1-12(2)10-18(3,11-20)21-17(23)8-6-15(22)14-9-13(19)5-7-16(14)24-4;/h5,7,9,12H,6,8,10-11,20H2,1-4H3,(H,21,23);1H. The van der Waals surface area contributed by atoms with Gasteiger partial charge in [0.15, 0.2) is 5.78 Å². The van der Waals surface area contributed by atoms with Crippen LogP contribution in [0.2, 0.25) is 0 Å². The van der Waals surface area contributed by atoms with E-state index in [-0.39, 0.29) is 36.9 Å². The number of carbonyl (C=O) groups is 2. The second-order valence-corrected chi connectivity index (χ2v) is 7.59. The van der Waals surface area contributed by atoms with Gasteiger partial charge >= 0.3 is 0 Å². The molecule has 0 bridgehead atoms. The van der Waals surface area contributed by atoms with Gasteiger partial charge in [-0.2, -0.15) is 0 Å². The lowest BCUT2D eigenvalue weighted by Gasteiger charge is -2.31. The van der Waals surface area contributed by atoms with E-state index in [9.17, 15) is 9.59 Å². The van der Waals surface area contributed by atoms with Gasteiger partial charge in [0, 0.05) is 29.4 Å². The largest absolute Gasteiger partial charge is 0.496 e. The van der Waals surface area contributed by atoms with E-state index in [4.69, 9.17) is 10.5 Å². The first-order chi connectivity index (χ1) is 11.2. The van der Waals surface area contributed by atoms with E-state index in [0.29, 0.717) is 23.8 Å². The van der Waals surface area contributed by atoms with Crippen molar-refractivity contribution in [2.75, 3.05) is 13.7 Å². The van der Waals surface area contributed by atoms with Crippen molar-refractivity contribution in [3.8, 4) is 5.75 Å². The Morgan fingerprint density at radius 3 is 2.48 bits per heavy atom. The molecule has 3 N–H and O–H groups in total. The molecule has 25 heavy (non-hydrogen) atoms. The van der Waals surface area contributed by atoms with Gasteiger partial charge in [0.25, 0.3) is 0 Å². The van der Waals surface area contributed by atoms with E-state index in [1.165, 1.54) is 7.11 Å². The number of benzene rings is 1. The summed E-state index contributed by atoms with van der Waals surface area (Å²) in [5.74, 6) is 0.647. The molecular formula is C18H28BrClN2O3. The SMILES string of the molecule is COc1ccc(Br)cc1C(=O)CCC(=O)NC(C)(CN)CC(C)C.Cl. The predicted molar refractivity (Wildman–Crippen MR) is 107 cm³/mol. The Kier molecular flexibility index (Phi) is 10.3. The molecule has 0 aromatic heterocycles. The molecule has 142 valence electrons. The van der Waals surface area contributed by atoms with Crippen LogP contribution in [0.3, 0.4) is 0 Å². The average molecular weight is 436 g/mol. The molecule has 1 rings (SSSR count). The topological polar surface area (TPSA) is 81.4 Å². The van der Waals surface area contributed by atoms with Crippen molar-refractivity contribution in [1.29, 1.82) is 0 Å². The summed E-state index contributed by atoms with van der Waals surface area (Å²) in [7, 11) is 1.52. The molecule has 0 spiro atoms. The summed E-state index contributed by atoms with van der Waals surface area (Å²) >= 11 is 3.34. The zero-order valence-corrected chi connectivity index (χ0v) is 17.6. The van der Waals surface area contributed by atoms with Gasteiger partial charge in [-0.15, -0.1) is 12.4 Å². The third-order valence-corrected chi connectivity index (χ3v) is 4.28. The van der Waals surface area contributed by atoms with Crippen LogP contribution in [-0.2, 0) is 4.79 Å². The number of ketones is 1. The van der Waals surface area contributed by atoms with Crippen molar-refractivity contribution >= 4 is 40.0 Å². The number of ether oxygens (including phenoxy) is 1. The number of carbonyl (C=O) groups excluding carboxylic acids is 2. The van der Waals surface area contributed by atoms with Crippen LogP contribution in [0.25, 0.3) is 0 Å². The second kappa shape index (κ2) is 10.8. The number of hydrogen-bond donors (Lipinski definition) is 2. The summed E-state index contributed by atoms with van der Waals surface area (Å²) < 4.78 is 6.01. The molecule has 0 saturated carbocycles. The minimum Gasteiger partial charge on any atom is -0.496 e. The van der Waals surface area contributed by atoms with Crippen LogP contribution in [0.15, 0.2) is 22.7 Å². The Labute approximate surface area is 164 Å². The minimum absolute atomic E-state index is 0. The van der Waals surface area contributed by atoms with E-state index in [0.717, 1.165) is 10.9 Å². The molecule has 0 saturated heterocycles. The molecule has 0 radical (unpaired) electrons. The van der Waals surface area contributed by atoms with Gasteiger partial charge in [0.2, 0.25) is 5.91 Å². The molecular weight excluding hydrogens is 408 g/mol. The quantitative estimate of drug-likeness (QED) is 0.579. The summed E-state index contributed by atoms with van der Waals surface area (Å²) in [5, 5.41) is 2.96. The van der Waals surface area contributed by atoms with Crippen molar-refractivity contribution in [1.82, 2.24) is 5.32 Å². The number of nitrogens with two attached hydrogens (primary N) is 1. The van der Waals surface area contributed by atoms with Crippen molar-refractivity contribution < 1.29 is 14.3 Å². The average Bonchev–Trinajstić information content (AvgIpc) is 2.51. The second-order valence-electron chi connectivity index (χ2n) is 6.68. The summed E-state index contributed by atoms with van der Waals surface area (Å²) in [5.41, 5.74) is 5.83. The summed E-state index contributed by atoms with van der Waals surface area (Å²) in [6.45, 7) is 6.47. The minimum atomic E-state index is -0.443. The Hall–Kier alpha value is -1.11. The first-order valence-corrected chi connectivity index (χ1v) is 8.88. The number of methoxy groups -OCH3 is 1. The Balaban J connectivity index is 0.00000576. The van der Waals surface area contributed by atoms with E-state index < -0.39 is 5.54 Å². The molecule has 7 heteroatoms. The highest BCUT2D eigenvalue weighted by molar-refractivity contribution is 9.10. The smallest absolute Gasteiger partial charge is 0.220 e. The van der Waals surface area contributed by atoms with Crippen molar-refractivity contribution in [2.24, 2.45) is 11.7 Å². The van der Waals surface area contributed by atoms with Crippen LogP contribution in [0.5, 0.6) is 5.75 Å². The summed E-state index contributed by atoms with van der Waals surface area (Å²) in [6.07, 6.45) is 1.05. The first kappa shape index (κ1) is 23.9. The molecule has 0 aliphatic rings. The maximum atomic E-state index is 12.4. The fourth-order valence-corrected chi connectivity index (χ4v) is 3.11. The highest BCUT2D eigenvalue weighted by Crippen LogP contribution is 2.24. The van der Waals surface area contributed by atoms with Gasteiger partial charge in [-0.1, -0.05) is 29.8 Å². The lowest BCUT2D eigenvalue weighted by atomic mass is 9.90. The fraction of sp³-hybridized carbons (Fsp3) is 0.556. The van der Waals surface area contributed by atoms with Crippen LogP contribution in [0.1, 0.15) is 50.4 Å². The van der Waals surface area contributed by atoms with Crippen molar-refractivity contribution in [3.05, 3.63) is 28.2 Å². The normalized spacial score (nSPS) is 12.9. The zero-order valence-electron chi connectivity index (χ0n) is 15.2.